The highest BCUT2D eigenvalue weighted by molar-refractivity contribution is 7.89. The van der Waals surface area contributed by atoms with Crippen LogP contribution >= 0.6 is 0 Å². The Labute approximate surface area is 258 Å². The summed E-state index contributed by atoms with van der Waals surface area (Å²) in [5.41, 5.74) is 2.76. The van der Waals surface area contributed by atoms with Crippen LogP contribution in [0.1, 0.15) is 36.0 Å². The van der Waals surface area contributed by atoms with Gasteiger partial charge in [0.25, 0.3) is 5.91 Å². The predicted molar refractivity (Wildman–Crippen MR) is 162 cm³/mol. The summed E-state index contributed by atoms with van der Waals surface area (Å²) < 4.78 is 45.7. The molecule has 0 aliphatic carbocycles. The number of aliphatic hydroxyl groups excluding tert-OH is 1. The molecule has 0 bridgehead atoms. The summed E-state index contributed by atoms with van der Waals surface area (Å²) in [7, 11) is -2.40. The van der Waals surface area contributed by atoms with Crippen molar-refractivity contribution in [2.24, 2.45) is 0 Å². The third-order valence-electron chi connectivity index (χ3n) is 8.18. The number of carbonyl (C=O) groups excluding carboxylic acids is 2. The van der Waals surface area contributed by atoms with Crippen molar-refractivity contribution in [1.29, 1.82) is 0 Å². The number of rotatable bonds is 11. The van der Waals surface area contributed by atoms with E-state index < -0.39 is 46.3 Å². The van der Waals surface area contributed by atoms with Gasteiger partial charge >= 0.3 is 6.09 Å². The topological polar surface area (TPSA) is 123 Å². The number of sulfonamides is 1. The average molecular weight is 623 g/mol. The van der Waals surface area contributed by atoms with Gasteiger partial charge < -0.3 is 19.3 Å². The Hall–Kier alpha value is -3.77. The summed E-state index contributed by atoms with van der Waals surface area (Å²) in [5, 5.41) is 11.1. The van der Waals surface area contributed by atoms with Crippen molar-refractivity contribution in [3.63, 3.8) is 0 Å². The Morgan fingerprint density at radius 2 is 1.68 bits per heavy atom. The van der Waals surface area contributed by atoms with Crippen LogP contribution in [0, 0.1) is 6.92 Å². The summed E-state index contributed by atoms with van der Waals surface area (Å²) >= 11 is 0. The first-order valence-corrected chi connectivity index (χ1v) is 16.1. The van der Waals surface area contributed by atoms with Gasteiger partial charge in [0.05, 0.1) is 30.8 Å². The van der Waals surface area contributed by atoms with E-state index in [2.05, 4.69) is 0 Å². The molecule has 10 nitrogen and oxygen atoms in total. The van der Waals surface area contributed by atoms with E-state index in [1.807, 2.05) is 61.5 Å². The van der Waals surface area contributed by atoms with Crippen molar-refractivity contribution in [3.8, 4) is 5.75 Å². The average Bonchev–Trinajstić information content (AvgIpc) is 3.40. The van der Waals surface area contributed by atoms with E-state index in [0.29, 0.717) is 25.9 Å². The van der Waals surface area contributed by atoms with Crippen molar-refractivity contribution in [2.75, 3.05) is 20.3 Å². The number of imide groups is 1. The fraction of sp³-hybridized carbons (Fsp3) is 0.394. The first kappa shape index (κ1) is 31.6. The number of methoxy groups -OCH3 is 1. The third-order valence-corrected chi connectivity index (χ3v) is 10.1. The minimum absolute atomic E-state index is 0.0246. The summed E-state index contributed by atoms with van der Waals surface area (Å²) in [5.74, 6) is -0.0645. The van der Waals surface area contributed by atoms with Crippen molar-refractivity contribution >= 4 is 22.0 Å². The normalized spacial score (nSPS) is 21.6. The van der Waals surface area contributed by atoms with Crippen molar-refractivity contribution in [1.82, 2.24) is 9.21 Å². The standard InChI is InChI=1S/C33H38N2O8S/c1-23-8-16-30(17-9-23)44(39,40)34-20-29(42-21-25-10-13-28(41-2)14-11-25)15-12-26(34)19-31(36)32(37)35-27(22-43-33(35)38)18-24-6-4-3-5-7-24/h3-11,13-14,16-17,26-27,29,31,36H,12,15,18-22H2,1-2H3/t26-,27?,29+,31?/m0/s1. The maximum Gasteiger partial charge on any atom is 0.417 e. The lowest BCUT2D eigenvalue weighted by Crippen LogP contribution is -2.52. The number of hydrogen-bond acceptors (Lipinski definition) is 8. The smallest absolute Gasteiger partial charge is 0.417 e. The van der Waals surface area contributed by atoms with Gasteiger partial charge in [-0.2, -0.15) is 4.31 Å². The second-order valence-corrected chi connectivity index (χ2v) is 13.2. The molecule has 44 heavy (non-hydrogen) atoms. The Morgan fingerprint density at radius 3 is 2.36 bits per heavy atom. The monoisotopic (exact) mass is 622 g/mol. The third kappa shape index (κ3) is 7.29. The van der Waals surface area contributed by atoms with Gasteiger partial charge in [0.15, 0.2) is 0 Å². The summed E-state index contributed by atoms with van der Waals surface area (Å²) in [4.78, 5) is 27.1. The number of ether oxygens (including phenoxy) is 3. The van der Waals surface area contributed by atoms with Gasteiger partial charge in [0.2, 0.25) is 10.0 Å². The molecule has 2 aliphatic rings. The van der Waals surface area contributed by atoms with Crippen LogP contribution in [0.15, 0.2) is 83.8 Å². The number of hydrogen-bond donors (Lipinski definition) is 1. The van der Waals surface area contributed by atoms with Gasteiger partial charge in [-0.3, -0.25) is 4.79 Å². The number of piperidine rings is 1. The molecule has 234 valence electrons. The molecule has 4 atom stereocenters. The molecule has 3 aromatic rings. The second kappa shape index (κ2) is 13.9. The molecule has 0 radical (unpaired) electrons. The van der Waals surface area contributed by atoms with E-state index >= 15 is 0 Å². The van der Waals surface area contributed by atoms with Gasteiger partial charge in [-0.1, -0.05) is 60.2 Å². The number of benzene rings is 3. The van der Waals surface area contributed by atoms with E-state index in [1.54, 1.807) is 31.4 Å². The van der Waals surface area contributed by atoms with Crippen LogP contribution < -0.4 is 4.74 Å². The zero-order valence-electron chi connectivity index (χ0n) is 24.9. The lowest BCUT2D eigenvalue weighted by Gasteiger charge is -2.39. The van der Waals surface area contributed by atoms with Crippen LogP contribution in [-0.4, -0.2) is 79.3 Å². The van der Waals surface area contributed by atoms with E-state index in [4.69, 9.17) is 14.2 Å². The number of nitrogens with zero attached hydrogens (tertiary/aromatic N) is 2. The second-order valence-electron chi connectivity index (χ2n) is 11.3. The summed E-state index contributed by atoms with van der Waals surface area (Å²) in [6.07, 6.45) is -1.70. The van der Waals surface area contributed by atoms with Crippen LogP contribution in [0.3, 0.4) is 0 Å². The summed E-state index contributed by atoms with van der Waals surface area (Å²) in [6, 6.07) is 22.2. The predicted octanol–water partition coefficient (Wildman–Crippen LogP) is 4.08. The van der Waals surface area contributed by atoms with Crippen LogP contribution in [0.25, 0.3) is 0 Å². The molecular weight excluding hydrogens is 584 g/mol. The molecule has 2 fully saturated rings. The van der Waals surface area contributed by atoms with Crippen molar-refractivity contribution in [2.45, 2.75) is 68.4 Å². The fourth-order valence-electron chi connectivity index (χ4n) is 5.70. The Balaban J connectivity index is 1.31. The number of cyclic esters (lactones) is 1. The largest absolute Gasteiger partial charge is 0.497 e. The fourth-order valence-corrected chi connectivity index (χ4v) is 7.39. The Morgan fingerprint density at radius 1 is 0.977 bits per heavy atom. The molecule has 5 rings (SSSR count). The molecule has 3 aromatic carbocycles. The molecule has 0 saturated carbocycles. The molecular formula is C33H38N2O8S. The molecule has 0 aromatic heterocycles. The van der Waals surface area contributed by atoms with Gasteiger partial charge in [-0.05, 0) is 68.0 Å². The van der Waals surface area contributed by atoms with E-state index in [-0.39, 0.29) is 24.5 Å². The molecule has 2 heterocycles. The van der Waals surface area contributed by atoms with E-state index in [9.17, 15) is 23.1 Å². The molecule has 2 amide bonds. The maximum absolute atomic E-state index is 13.9. The first-order chi connectivity index (χ1) is 21.2. The maximum atomic E-state index is 13.9. The van der Waals surface area contributed by atoms with Gasteiger partial charge in [-0.15, -0.1) is 0 Å². The quantitative estimate of drug-likeness (QED) is 0.340. The Bertz CT molecular complexity index is 1530. The van der Waals surface area contributed by atoms with Crippen LogP contribution in [0.4, 0.5) is 4.79 Å². The minimum atomic E-state index is -4.00. The highest BCUT2D eigenvalue weighted by Gasteiger charge is 2.44. The van der Waals surface area contributed by atoms with Crippen molar-refractivity contribution in [3.05, 3.63) is 95.6 Å². The van der Waals surface area contributed by atoms with Crippen LogP contribution in [0.2, 0.25) is 0 Å². The molecule has 2 aliphatic heterocycles. The zero-order chi connectivity index (χ0) is 31.3. The van der Waals surface area contributed by atoms with E-state index in [0.717, 1.165) is 27.3 Å². The Kier molecular flexibility index (Phi) is 10.00. The molecule has 1 N–H and O–H groups in total. The number of carbonyl (C=O) groups is 2. The molecule has 2 unspecified atom stereocenters. The van der Waals surface area contributed by atoms with Gasteiger partial charge in [-0.25, -0.2) is 18.1 Å². The van der Waals surface area contributed by atoms with Crippen LogP contribution in [-0.2, 0) is 37.3 Å². The highest BCUT2D eigenvalue weighted by atomic mass is 32.2. The molecule has 0 spiro atoms. The van der Waals surface area contributed by atoms with E-state index in [1.165, 1.54) is 4.31 Å². The molecule has 2 saturated heterocycles. The first-order valence-electron chi connectivity index (χ1n) is 14.7. The lowest BCUT2D eigenvalue weighted by atomic mass is 9.96. The molecule has 11 heteroatoms. The zero-order valence-corrected chi connectivity index (χ0v) is 25.7. The van der Waals surface area contributed by atoms with Gasteiger partial charge in [0, 0.05) is 12.6 Å². The number of aryl methyl sites for hydroxylation is 1. The van der Waals surface area contributed by atoms with Crippen molar-refractivity contribution < 1.29 is 37.3 Å². The minimum Gasteiger partial charge on any atom is -0.497 e. The van der Waals surface area contributed by atoms with Gasteiger partial charge in [0.1, 0.15) is 18.5 Å². The summed E-state index contributed by atoms with van der Waals surface area (Å²) in [6.45, 7) is 2.25. The number of aliphatic hydroxyl groups is 1. The lowest BCUT2D eigenvalue weighted by molar-refractivity contribution is -0.139. The SMILES string of the molecule is COc1ccc(CO[C@@H]2CC[C@@H](CC(O)C(=O)N3C(=O)OCC3Cc3ccccc3)N(S(=O)(=O)c3ccc(C)cc3)C2)cc1. The van der Waals surface area contributed by atoms with Crippen LogP contribution in [0.5, 0.6) is 5.75 Å². The highest BCUT2D eigenvalue weighted by Crippen LogP contribution is 2.31. The number of amides is 2.